The van der Waals surface area contributed by atoms with Gasteiger partial charge in [-0.15, -0.1) is 0 Å². The van der Waals surface area contributed by atoms with E-state index in [0.717, 1.165) is 31.4 Å². The summed E-state index contributed by atoms with van der Waals surface area (Å²) in [5.41, 5.74) is 0.949. The minimum Gasteiger partial charge on any atom is -0.355 e. The SMILES string of the molecule is CCCCCN1CC(C(=O)NCCc2ccc(Cl)cc2Cl)CC1=O. The molecule has 0 saturated carbocycles. The first-order valence-electron chi connectivity index (χ1n) is 8.50. The number of hydrogen-bond acceptors (Lipinski definition) is 2. The van der Waals surface area contributed by atoms with Gasteiger partial charge in [0.25, 0.3) is 0 Å². The summed E-state index contributed by atoms with van der Waals surface area (Å²) >= 11 is 12.0. The third-order valence-electron chi connectivity index (χ3n) is 4.33. The lowest BCUT2D eigenvalue weighted by atomic mass is 10.1. The van der Waals surface area contributed by atoms with Crippen molar-refractivity contribution >= 4 is 35.0 Å². The first kappa shape index (κ1) is 19.1. The molecule has 6 heteroatoms. The van der Waals surface area contributed by atoms with Crippen LogP contribution < -0.4 is 5.32 Å². The van der Waals surface area contributed by atoms with Gasteiger partial charge in [0.15, 0.2) is 0 Å². The number of carbonyl (C=O) groups excluding carboxylic acids is 2. The molecule has 0 bridgehead atoms. The van der Waals surface area contributed by atoms with E-state index in [4.69, 9.17) is 23.2 Å². The van der Waals surface area contributed by atoms with Gasteiger partial charge in [0.05, 0.1) is 5.92 Å². The minimum absolute atomic E-state index is 0.0496. The van der Waals surface area contributed by atoms with Gasteiger partial charge in [-0.25, -0.2) is 0 Å². The summed E-state index contributed by atoms with van der Waals surface area (Å²) in [7, 11) is 0. The van der Waals surface area contributed by atoms with Crippen molar-refractivity contribution < 1.29 is 9.59 Å². The Morgan fingerprint density at radius 2 is 2.12 bits per heavy atom. The second-order valence-corrected chi connectivity index (χ2v) is 7.07. The summed E-state index contributed by atoms with van der Waals surface area (Å²) in [6, 6.07) is 5.35. The van der Waals surface area contributed by atoms with E-state index in [1.165, 1.54) is 0 Å². The number of carbonyl (C=O) groups is 2. The number of benzene rings is 1. The summed E-state index contributed by atoms with van der Waals surface area (Å²) in [5, 5.41) is 4.12. The van der Waals surface area contributed by atoms with Crippen LogP contribution in [0.15, 0.2) is 18.2 Å². The number of rotatable bonds is 8. The number of hydrogen-bond donors (Lipinski definition) is 1. The maximum Gasteiger partial charge on any atom is 0.225 e. The Labute approximate surface area is 153 Å². The second-order valence-electron chi connectivity index (χ2n) is 6.22. The van der Waals surface area contributed by atoms with Crippen molar-refractivity contribution in [2.45, 2.75) is 39.0 Å². The van der Waals surface area contributed by atoms with Crippen molar-refractivity contribution in [3.63, 3.8) is 0 Å². The summed E-state index contributed by atoms with van der Waals surface area (Å²) < 4.78 is 0. The van der Waals surface area contributed by atoms with Gasteiger partial charge in [-0.05, 0) is 30.5 Å². The highest BCUT2D eigenvalue weighted by atomic mass is 35.5. The highest BCUT2D eigenvalue weighted by Crippen LogP contribution is 2.21. The normalized spacial score (nSPS) is 17.4. The van der Waals surface area contributed by atoms with Gasteiger partial charge < -0.3 is 10.2 Å². The molecule has 1 aliphatic rings. The van der Waals surface area contributed by atoms with Gasteiger partial charge in [-0.2, -0.15) is 0 Å². The fraction of sp³-hybridized carbons (Fsp3) is 0.556. The zero-order valence-electron chi connectivity index (χ0n) is 14.0. The Hall–Kier alpha value is -1.26. The maximum atomic E-state index is 12.3. The molecule has 2 rings (SSSR count). The van der Waals surface area contributed by atoms with E-state index in [2.05, 4.69) is 12.2 Å². The van der Waals surface area contributed by atoms with Crippen molar-refractivity contribution in [1.82, 2.24) is 10.2 Å². The molecular weight excluding hydrogens is 347 g/mol. The number of likely N-dealkylation sites (tertiary alicyclic amines) is 1. The molecule has 0 aliphatic carbocycles. The Morgan fingerprint density at radius 3 is 2.83 bits per heavy atom. The van der Waals surface area contributed by atoms with E-state index in [-0.39, 0.29) is 17.7 Å². The number of nitrogens with one attached hydrogen (secondary N) is 1. The highest BCUT2D eigenvalue weighted by Gasteiger charge is 2.33. The molecule has 0 radical (unpaired) electrons. The third-order valence-corrected chi connectivity index (χ3v) is 4.91. The maximum absolute atomic E-state index is 12.3. The van der Waals surface area contributed by atoms with Gasteiger partial charge in [0, 0.05) is 36.1 Å². The quantitative estimate of drug-likeness (QED) is 0.709. The van der Waals surface area contributed by atoms with Gasteiger partial charge in [0.2, 0.25) is 11.8 Å². The topological polar surface area (TPSA) is 49.4 Å². The van der Waals surface area contributed by atoms with E-state index >= 15 is 0 Å². The van der Waals surface area contributed by atoms with Crippen LogP contribution in [-0.4, -0.2) is 36.3 Å². The molecule has 132 valence electrons. The number of nitrogens with zero attached hydrogens (tertiary/aromatic N) is 1. The lowest BCUT2D eigenvalue weighted by Gasteiger charge is -2.16. The monoisotopic (exact) mass is 370 g/mol. The second kappa shape index (κ2) is 9.28. The van der Waals surface area contributed by atoms with Gasteiger partial charge in [-0.3, -0.25) is 9.59 Å². The number of halogens is 2. The largest absolute Gasteiger partial charge is 0.355 e. The van der Waals surface area contributed by atoms with Gasteiger partial charge >= 0.3 is 0 Å². The molecule has 2 amide bonds. The van der Waals surface area contributed by atoms with Crippen molar-refractivity contribution in [2.24, 2.45) is 5.92 Å². The standard InChI is InChI=1S/C18H24Cl2N2O2/c1-2-3-4-9-22-12-14(10-17(22)23)18(24)21-8-7-13-5-6-15(19)11-16(13)20/h5-6,11,14H,2-4,7-10,12H2,1H3,(H,21,24). The molecule has 1 aromatic rings. The Balaban J connectivity index is 1.75. The first-order valence-corrected chi connectivity index (χ1v) is 9.26. The highest BCUT2D eigenvalue weighted by molar-refractivity contribution is 6.35. The molecular formula is C18H24Cl2N2O2. The lowest BCUT2D eigenvalue weighted by molar-refractivity contribution is -0.129. The molecule has 4 nitrogen and oxygen atoms in total. The third kappa shape index (κ3) is 5.38. The van der Waals surface area contributed by atoms with Crippen LogP contribution >= 0.6 is 23.2 Å². The minimum atomic E-state index is -0.236. The molecule has 0 spiro atoms. The molecule has 1 unspecified atom stereocenters. The van der Waals surface area contributed by atoms with Crippen LogP contribution in [0, 0.1) is 5.92 Å². The predicted octanol–water partition coefficient (Wildman–Crippen LogP) is 3.69. The first-order chi connectivity index (χ1) is 11.5. The summed E-state index contributed by atoms with van der Waals surface area (Å²) in [6.07, 6.45) is 4.20. The zero-order chi connectivity index (χ0) is 17.5. The van der Waals surface area contributed by atoms with Crippen molar-refractivity contribution in [3.05, 3.63) is 33.8 Å². The van der Waals surface area contributed by atoms with Gasteiger partial charge in [-0.1, -0.05) is 49.0 Å². The van der Waals surface area contributed by atoms with Crippen molar-refractivity contribution in [2.75, 3.05) is 19.6 Å². The van der Waals surface area contributed by atoms with Crippen LogP contribution in [0.2, 0.25) is 10.0 Å². The van der Waals surface area contributed by atoms with Crippen LogP contribution in [0.4, 0.5) is 0 Å². The molecule has 1 aromatic carbocycles. The molecule has 1 fully saturated rings. The van der Waals surface area contributed by atoms with E-state index in [9.17, 15) is 9.59 Å². The molecule has 1 heterocycles. The Bertz CT molecular complexity index is 592. The average Bonchev–Trinajstić information content (AvgIpc) is 2.91. The Kier molecular flexibility index (Phi) is 7.38. The lowest BCUT2D eigenvalue weighted by Crippen LogP contribution is -2.34. The van der Waals surface area contributed by atoms with Crippen molar-refractivity contribution in [3.8, 4) is 0 Å². The molecule has 1 saturated heterocycles. The molecule has 1 aliphatic heterocycles. The summed E-state index contributed by atoms with van der Waals surface area (Å²) in [4.78, 5) is 26.0. The van der Waals surface area contributed by atoms with Crippen LogP contribution in [0.5, 0.6) is 0 Å². The van der Waals surface area contributed by atoms with E-state index < -0.39 is 0 Å². The molecule has 0 aromatic heterocycles. The van der Waals surface area contributed by atoms with E-state index in [0.29, 0.717) is 36.0 Å². The van der Waals surface area contributed by atoms with Crippen LogP contribution in [0.1, 0.15) is 38.2 Å². The predicted molar refractivity (Wildman–Crippen MR) is 97.4 cm³/mol. The zero-order valence-corrected chi connectivity index (χ0v) is 15.5. The molecule has 1 atom stereocenters. The fourth-order valence-corrected chi connectivity index (χ4v) is 3.41. The fourth-order valence-electron chi connectivity index (χ4n) is 2.91. The average molecular weight is 371 g/mol. The molecule has 24 heavy (non-hydrogen) atoms. The summed E-state index contributed by atoms with van der Waals surface area (Å²) in [5.74, 6) is -0.196. The van der Waals surface area contributed by atoms with Gasteiger partial charge in [0.1, 0.15) is 0 Å². The van der Waals surface area contributed by atoms with E-state index in [1.807, 2.05) is 11.0 Å². The van der Waals surface area contributed by atoms with Crippen LogP contribution in [0.25, 0.3) is 0 Å². The van der Waals surface area contributed by atoms with Crippen LogP contribution in [-0.2, 0) is 16.0 Å². The molecule has 1 N–H and O–H groups in total. The Morgan fingerprint density at radius 1 is 1.33 bits per heavy atom. The number of amides is 2. The number of unbranched alkanes of at least 4 members (excludes halogenated alkanes) is 2. The smallest absolute Gasteiger partial charge is 0.225 e. The van der Waals surface area contributed by atoms with Crippen LogP contribution in [0.3, 0.4) is 0 Å². The van der Waals surface area contributed by atoms with E-state index in [1.54, 1.807) is 12.1 Å². The summed E-state index contributed by atoms with van der Waals surface area (Å²) in [6.45, 7) is 3.93. The van der Waals surface area contributed by atoms with Crippen molar-refractivity contribution in [1.29, 1.82) is 0 Å².